The summed E-state index contributed by atoms with van der Waals surface area (Å²) in [5.74, 6) is 0.861. The Bertz CT molecular complexity index is 761. The Morgan fingerprint density at radius 1 is 1.04 bits per heavy atom. The molecule has 2 aromatic carbocycles. The van der Waals surface area contributed by atoms with Crippen molar-refractivity contribution in [3.63, 3.8) is 0 Å². The summed E-state index contributed by atoms with van der Waals surface area (Å²) in [5.41, 5.74) is 1.43. The quantitative estimate of drug-likeness (QED) is 0.873. The molecule has 0 unspecified atom stereocenters. The molecule has 0 radical (unpaired) electrons. The SMILES string of the molecule is C[C@@H](NC(=O)CNC(=O)c1ccccc1)c1ccc2c(c1)OCCO2. The molecular weight excluding hydrogens is 320 g/mol. The number of fused-ring (bicyclic) bond motifs is 1. The third-order valence-corrected chi connectivity index (χ3v) is 3.89. The van der Waals surface area contributed by atoms with Gasteiger partial charge in [0.2, 0.25) is 5.91 Å². The monoisotopic (exact) mass is 340 g/mol. The van der Waals surface area contributed by atoms with Crippen LogP contribution in [0.5, 0.6) is 11.5 Å². The van der Waals surface area contributed by atoms with Gasteiger partial charge >= 0.3 is 0 Å². The van der Waals surface area contributed by atoms with E-state index in [4.69, 9.17) is 9.47 Å². The van der Waals surface area contributed by atoms with Crippen LogP contribution in [0.15, 0.2) is 48.5 Å². The van der Waals surface area contributed by atoms with Crippen LogP contribution in [0.25, 0.3) is 0 Å². The van der Waals surface area contributed by atoms with Gasteiger partial charge in [-0.15, -0.1) is 0 Å². The maximum atomic E-state index is 12.1. The summed E-state index contributed by atoms with van der Waals surface area (Å²) in [6, 6.07) is 14.2. The zero-order chi connectivity index (χ0) is 17.6. The van der Waals surface area contributed by atoms with Crippen LogP contribution in [0.1, 0.15) is 28.9 Å². The summed E-state index contributed by atoms with van der Waals surface area (Å²) in [4.78, 5) is 24.0. The third-order valence-electron chi connectivity index (χ3n) is 3.89. The fraction of sp³-hybridized carbons (Fsp3) is 0.263. The minimum atomic E-state index is -0.275. The summed E-state index contributed by atoms with van der Waals surface area (Å²) in [7, 11) is 0. The third kappa shape index (κ3) is 4.29. The fourth-order valence-corrected chi connectivity index (χ4v) is 2.56. The lowest BCUT2D eigenvalue weighted by molar-refractivity contribution is -0.120. The predicted octanol–water partition coefficient (Wildman–Crippen LogP) is 2.06. The van der Waals surface area contributed by atoms with E-state index in [0.717, 1.165) is 5.56 Å². The van der Waals surface area contributed by atoms with Gasteiger partial charge in [-0.1, -0.05) is 24.3 Å². The minimum absolute atomic E-state index is 0.0807. The van der Waals surface area contributed by atoms with Crippen LogP contribution in [0.3, 0.4) is 0 Å². The van der Waals surface area contributed by atoms with Gasteiger partial charge in [0.1, 0.15) is 13.2 Å². The standard InChI is InChI=1S/C19H20N2O4/c1-13(15-7-8-16-17(11-15)25-10-9-24-16)21-18(22)12-20-19(23)14-5-3-2-4-6-14/h2-8,11,13H,9-10,12H2,1H3,(H,20,23)(H,21,22)/t13-/m1/s1. The van der Waals surface area contributed by atoms with Gasteiger partial charge in [-0.3, -0.25) is 9.59 Å². The first kappa shape index (κ1) is 16.8. The van der Waals surface area contributed by atoms with Crippen molar-refractivity contribution in [2.75, 3.05) is 19.8 Å². The van der Waals surface area contributed by atoms with Gasteiger partial charge in [0.05, 0.1) is 12.6 Å². The Hall–Kier alpha value is -3.02. The second-order valence-corrected chi connectivity index (χ2v) is 5.74. The molecule has 130 valence electrons. The first-order valence-electron chi connectivity index (χ1n) is 8.15. The molecule has 0 aliphatic carbocycles. The van der Waals surface area contributed by atoms with Crippen LogP contribution in [0, 0.1) is 0 Å². The molecule has 25 heavy (non-hydrogen) atoms. The van der Waals surface area contributed by atoms with Gasteiger partial charge < -0.3 is 20.1 Å². The normalized spacial score (nSPS) is 13.6. The Kier molecular flexibility index (Phi) is 5.18. The Morgan fingerprint density at radius 3 is 2.52 bits per heavy atom. The molecule has 1 atom stereocenters. The van der Waals surface area contributed by atoms with Gasteiger partial charge in [0.25, 0.3) is 5.91 Å². The van der Waals surface area contributed by atoms with E-state index < -0.39 is 0 Å². The van der Waals surface area contributed by atoms with Gasteiger partial charge in [-0.2, -0.15) is 0 Å². The number of carbonyl (C=O) groups is 2. The highest BCUT2D eigenvalue weighted by Crippen LogP contribution is 2.32. The summed E-state index contributed by atoms with van der Waals surface area (Å²) in [5, 5.41) is 5.47. The average molecular weight is 340 g/mol. The van der Waals surface area contributed by atoms with Gasteiger partial charge in [0.15, 0.2) is 11.5 Å². The Balaban J connectivity index is 1.53. The van der Waals surface area contributed by atoms with Crippen molar-refractivity contribution in [1.29, 1.82) is 0 Å². The number of ether oxygens (including phenoxy) is 2. The van der Waals surface area contributed by atoms with Crippen molar-refractivity contribution in [3.8, 4) is 11.5 Å². The molecule has 1 aliphatic rings. The molecule has 6 nitrogen and oxygen atoms in total. The number of hydrogen-bond acceptors (Lipinski definition) is 4. The zero-order valence-corrected chi connectivity index (χ0v) is 14.0. The topological polar surface area (TPSA) is 76.7 Å². The van der Waals surface area contributed by atoms with Crippen LogP contribution in [-0.4, -0.2) is 31.6 Å². The first-order valence-corrected chi connectivity index (χ1v) is 8.15. The molecule has 3 rings (SSSR count). The summed E-state index contributed by atoms with van der Waals surface area (Å²) in [6.45, 7) is 2.85. The maximum Gasteiger partial charge on any atom is 0.251 e. The molecule has 0 spiro atoms. The molecule has 1 aliphatic heterocycles. The summed E-state index contributed by atoms with van der Waals surface area (Å²) < 4.78 is 11.0. The number of amides is 2. The number of nitrogens with one attached hydrogen (secondary N) is 2. The van der Waals surface area contributed by atoms with E-state index >= 15 is 0 Å². The van der Waals surface area contributed by atoms with Gasteiger partial charge in [-0.25, -0.2) is 0 Å². The molecule has 2 amide bonds. The van der Waals surface area contributed by atoms with Crippen LogP contribution in [0.2, 0.25) is 0 Å². The lowest BCUT2D eigenvalue weighted by Gasteiger charge is -2.21. The lowest BCUT2D eigenvalue weighted by Crippen LogP contribution is -2.38. The van der Waals surface area contributed by atoms with Crippen molar-refractivity contribution in [3.05, 3.63) is 59.7 Å². The van der Waals surface area contributed by atoms with Gasteiger partial charge in [0, 0.05) is 5.56 Å². The highest BCUT2D eigenvalue weighted by molar-refractivity contribution is 5.96. The van der Waals surface area contributed by atoms with Crippen LogP contribution < -0.4 is 20.1 Å². The molecular formula is C19H20N2O4. The Labute approximate surface area is 146 Å². The van der Waals surface area contributed by atoms with Crippen molar-refractivity contribution < 1.29 is 19.1 Å². The average Bonchev–Trinajstić information content (AvgIpc) is 2.66. The van der Waals surface area contributed by atoms with Crippen LogP contribution in [-0.2, 0) is 4.79 Å². The second kappa shape index (κ2) is 7.70. The van der Waals surface area contributed by atoms with E-state index in [1.165, 1.54) is 0 Å². The Morgan fingerprint density at radius 2 is 1.76 bits per heavy atom. The van der Waals surface area contributed by atoms with Crippen molar-refractivity contribution in [1.82, 2.24) is 10.6 Å². The largest absolute Gasteiger partial charge is 0.486 e. The minimum Gasteiger partial charge on any atom is -0.486 e. The molecule has 0 saturated carbocycles. The second-order valence-electron chi connectivity index (χ2n) is 5.74. The molecule has 0 saturated heterocycles. The van der Waals surface area contributed by atoms with Crippen molar-refractivity contribution in [2.24, 2.45) is 0 Å². The lowest BCUT2D eigenvalue weighted by atomic mass is 10.1. The number of carbonyl (C=O) groups excluding carboxylic acids is 2. The zero-order valence-electron chi connectivity index (χ0n) is 14.0. The van der Waals surface area contributed by atoms with Crippen molar-refractivity contribution >= 4 is 11.8 Å². The van der Waals surface area contributed by atoms with E-state index in [0.29, 0.717) is 30.3 Å². The summed E-state index contributed by atoms with van der Waals surface area (Å²) in [6.07, 6.45) is 0. The van der Waals surface area contributed by atoms with E-state index in [1.54, 1.807) is 24.3 Å². The molecule has 0 aromatic heterocycles. The molecule has 2 N–H and O–H groups in total. The van der Waals surface area contributed by atoms with Gasteiger partial charge in [-0.05, 0) is 36.8 Å². The van der Waals surface area contributed by atoms with Crippen LogP contribution >= 0.6 is 0 Å². The molecule has 1 heterocycles. The molecule has 0 fully saturated rings. The molecule has 0 bridgehead atoms. The van der Waals surface area contributed by atoms with Crippen LogP contribution in [0.4, 0.5) is 0 Å². The molecule has 6 heteroatoms. The van der Waals surface area contributed by atoms with E-state index in [1.807, 2.05) is 31.2 Å². The first-order chi connectivity index (χ1) is 12.1. The van der Waals surface area contributed by atoms with E-state index in [9.17, 15) is 9.59 Å². The predicted molar refractivity (Wildman–Crippen MR) is 92.8 cm³/mol. The highest BCUT2D eigenvalue weighted by Gasteiger charge is 2.16. The number of hydrogen-bond donors (Lipinski definition) is 2. The van der Waals surface area contributed by atoms with E-state index in [2.05, 4.69) is 10.6 Å². The molecule has 2 aromatic rings. The van der Waals surface area contributed by atoms with E-state index in [-0.39, 0.29) is 24.4 Å². The van der Waals surface area contributed by atoms with Crippen molar-refractivity contribution in [2.45, 2.75) is 13.0 Å². The highest BCUT2D eigenvalue weighted by atomic mass is 16.6. The number of rotatable bonds is 5. The number of benzene rings is 2. The summed E-state index contributed by atoms with van der Waals surface area (Å²) >= 11 is 0. The fourth-order valence-electron chi connectivity index (χ4n) is 2.56. The smallest absolute Gasteiger partial charge is 0.251 e. The maximum absolute atomic E-state index is 12.1.